The summed E-state index contributed by atoms with van der Waals surface area (Å²) in [7, 11) is 0. The van der Waals surface area contributed by atoms with Crippen molar-refractivity contribution in [1.82, 2.24) is 0 Å². The van der Waals surface area contributed by atoms with Crippen LogP contribution in [0.5, 0.6) is 0 Å². The van der Waals surface area contributed by atoms with E-state index < -0.39 is 0 Å². The zero-order valence-corrected chi connectivity index (χ0v) is 12.0. The minimum Gasteiger partial charge on any atom is -0.256 e. The van der Waals surface area contributed by atoms with Crippen LogP contribution in [0.3, 0.4) is 0 Å². The molecule has 0 amide bonds. The molecule has 0 aliphatic rings. The number of halogens is 2. The molecule has 0 aliphatic carbocycles. The number of benzene rings is 2. The van der Waals surface area contributed by atoms with Crippen LogP contribution in [0.15, 0.2) is 58.6 Å². The van der Waals surface area contributed by atoms with Crippen LogP contribution in [0.2, 0.25) is 5.02 Å². The van der Waals surface area contributed by atoms with Crippen LogP contribution in [0, 0.1) is 0 Å². The summed E-state index contributed by atoms with van der Waals surface area (Å²) < 4.78 is 0. The number of rotatable bonds is 3. The third-order valence-electron chi connectivity index (χ3n) is 2.53. The average Bonchev–Trinajstić information content (AvgIpc) is 2.39. The Kier molecular flexibility index (Phi) is 4.78. The molecule has 0 aromatic heterocycles. The summed E-state index contributed by atoms with van der Waals surface area (Å²) in [4.78, 5) is 4.43. The highest BCUT2D eigenvalue weighted by Gasteiger charge is 1.96. The largest absolute Gasteiger partial charge is 0.256 e. The number of allylic oxidation sites excluding steroid dienone is 1. The molecule has 0 N–H and O–H groups in total. The molecule has 2 aromatic rings. The molecule has 96 valence electrons. The number of hydrogen-bond donors (Lipinski definition) is 0. The van der Waals surface area contributed by atoms with E-state index in [4.69, 9.17) is 23.2 Å². The minimum atomic E-state index is 0.708. The minimum absolute atomic E-state index is 0.708. The highest BCUT2D eigenvalue weighted by Crippen LogP contribution is 2.18. The van der Waals surface area contributed by atoms with Crippen LogP contribution in [-0.4, -0.2) is 6.21 Å². The molecule has 2 aromatic carbocycles. The molecule has 0 unspecified atom stereocenters. The summed E-state index contributed by atoms with van der Waals surface area (Å²) in [6.45, 7) is 1.86. The van der Waals surface area contributed by atoms with Gasteiger partial charge >= 0.3 is 0 Å². The molecule has 0 bridgehead atoms. The molecule has 2 rings (SSSR count). The fourth-order valence-electron chi connectivity index (χ4n) is 1.65. The molecule has 1 nitrogen and oxygen atoms in total. The van der Waals surface area contributed by atoms with Gasteiger partial charge in [0.15, 0.2) is 0 Å². The van der Waals surface area contributed by atoms with Gasteiger partial charge in [-0.05, 0) is 48.4 Å². The van der Waals surface area contributed by atoms with E-state index in [0.717, 1.165) is 21.8 Å². The van der Waals surface area contributed by atoms with Crippen molar-refractivity contribution in [3.05, 3.63) is 69.7 Å². The van der Waals surface area contributed by atoms with E-state index in [1.807, 2.05) is 67.7 Å². The molecular formula is C16H13Cl2N. The molecule has 0 aliphatic heterocycles. The van der Waals surface area contributed by atoms with Crippen molar-refractivity contribution < 1.29 is 0 Å². The van der Waals surface area contributed by atoms with E-state index in [1.165, 1.54) is 0 Å². The van der Waals surface area contributed by atoms with E-state index >= 15 is 0 Å². The highest BCUT2D eigenvalue weighted by molar-refractivity contribution is 6.31. The van der Waals surface area contributed by atoms with Crippen molar-refractivity contribution in [2.24, 2.45) is 4.99 Å². The lowest BCUT2D eigenvalue weighted by Gasteiger charge is -2.00. The third kappa shape index (κ3) is 4.23. The van der Waals surface area contributed by atoms with E-state index in [0.29, 0.717) is 5.02 Å². The Hall–Kier alpha value is -1.57. The summed E-state index contributed by atoms with van der Waals surface area (Å²) in [5.74, 6) is 0. The maximum Gasteiger partial charge on any atom is 0.0630 e. The van der Waals surface area contributed by atoms with Gasteiger partial charge in [0.2, 0.25) is 0 Å². The Morgan fingerprint density at radius 1 is 1.00 bits per heavy atom. The summed E-state index contributed by atoms with van der Waals surface area (Å²) in [5.41, 5.74) is 2.94. The molecule has 0 heterocycles. The van der Waals surface area contributed by atoms with Gasteiger partial charge < -0.3 is 0 Å². The normalized spacial score (nSPS) is 12.1. The van der Waals surface area contributed by atoms with Gasteiger partial charge in [0.05, 0.1) is 5.69 Å². The average molecular weight is 290 g/mol. The van der Waals surface area contributed by atoms with Crippen molar-refractivity contribution in [2.45, 2.75) is 6.92 Å². The first-order valence-electron chi connectivity index (χ1n) is 5.87. The lowest BCUT2D eigenvalue weighted by molar-refractivity contribution is 1.52. The van der Waals surface area contributed by atoms with Crippen molar-refractivity contribution in [2.75, 3.05) is 0 Å². The first kappa shape index (κ1) is 13.9. The highest BCUT2D eigenvalue weighted by atomic mass is 35.5. The molecular weight excluding hydrogens is 277 g/mol. The second kappa shape index (κ2) is 6.55. The van der Waals surface area contributed by atoms with Gasteiger partial charge in [0.25, 0.3) is 0 Å². The molecule has 0 atom stereocenters. The second-order valence-electron chi connectivity index (χ2n) is 4.09. The summed E-state index contributed by atoms with van der Waals surface area (Å²) in [5, 5.41) is 1.45. The van der Waals surface area contributed by atoms with Crippen LogP contribution < -0.4 is 0 Å². The fourth-order valence-corrected chi connectivity index (χ4v) is 1.89. The van der Waals surface area contributed by atoms with Crippen LogP contribution in [0.25, 0.3) is 6.08 Å². The van der Waals surface area contributed by atoms with E-state index in [-0.39, 0.29) is 0 Å². The SMILES string of the molecule is C/C(Cl)=C/c1ccccc1C=Nc1ccc(Cl)cc1. The third-order valence-corrected chi connectivity index (χ3v) is 2.89. The van der Waals surface area contributed by atoms with Crippen LogP contribution in [0.1, 0.15) is 18.1 Å². The number of hydrogen-bond acceptors (Lipinski definition) is 1. The van der Waals surface area contributed by atoms with Crippen LogP contribution in [-0.2, 0) is 0 Å². The molecule has 0 saturated heterocycles. The lowest BCUT2D eigenvalue weighted by Crippen LogP contribution is -1.86. The first-order chi connectivity index (χ1) is 9.15. The molecule has 3 heteroatoms. The Morgan fingerprint density at radius 2 is 1.63 bits per heavy atom. The standard InChI is InChI=1S/C16H13Cl2N/c1-12(17)10-13-4-2-3-5-14(13)11-19-16-8-6-15(18)7-9-16/h2-11H,1H3/b12-10-,19-11?. The monoisotopic (exact) mass is 289 g/mol. The molecule has 19 heavy (non-hydrogen) atoms. The Bertz CT molecular complexity index is 609. The van der Waals surface area contributed by atoms with Crippen LogP contribution in [0.4, 0.5) is 5.69 Å². The van der Waals surface area contributed by atoms with E-state index in [1.54, 1.807) is 0 Å². The molecule has 0 radical (unpaired) electrons. The summed E-state index contributed by atoms with van der Waals surface area (Å²) >= 11 is 11.8. The van der Waals surface area contributed by atoms with Gasteiger partial charge in [0.1, 0.15) is 0 Å². The maximum atomic E-state index is 5.92. The van der Waals surface area contributed by atoms with Gasteiger partial charge in [-0.3, -0.25) is 4.99 Å². The van der Waals surface area contributed by atoms with Crippen molar-refractivity contribution in [3.8, 4) is 0 Å². The van der Waals surface area contributed by atoms with Gasteiger partial charge in [-0.1, -0.05) is 47.5 Å². The van der Waals surface area contributed by atoms with Gasteiger partial charge in [-0.15, -0.1) is 0 Å². The van der Waals surface area contributed by atoms with Crippen molar-refractivity contribution in [3.63, 3.8) is 0 Å². The lowest BCUT2D eigenvalue weighted by atomic mass is 10.1. The Labute approximate surface area is 123 Å². The Balaban J connectivity index is 2.28. The first-order valence-corrected chi connectivity index (χ1v) is 6.63. The van der Waals surface area contributed by atoms with Gasteiger partial charge in [-0.2, -0.15) is 0 Å². The quantitative estimate of drug-likeness (QED) is 0.644. The van der Waals surface area contributed by atoms with Crippen molar-refractivity contribution >= 4 is 41.2 Å². The van der Waals surface area contributed by atoms with Gasteiger partial charge in [-0.25, -0.2) is 0 Å². The van der Waals surface area contributed by atoms with Gasteiger partial charge in [0, 0.05) is 16.3 Å². The predicted octanol–water partition coefficient (Wildman–Crippen LogP) is 5.69. The zero-order valence-electron chi connectivity index (χ0n) is 10.5. The maximum absolute atomic E-state index is 5.92. The molecule has 0 spiro atoms. The number of nitrogens with zero attached hydrogens (tertiary/aromatic N) is 1. The van der Waals surface area contributed by atoms with E-state index in [2.05, 4.69) is 4.99 Å². The Morgan fingerprint density at radius 3 is 2.26 bits per heavy atom. The van der Waals surface area contributed by atoms with Crippen LogP contribution >= 0.6 is 23.2 Å². The number of aliphatic imine (C=N–C) groups is 1. The molecule has 0 fully saturated rings. The topological polar surface area (TPSA) is 12.4 Å². The zero-order chi connectivity index (χ0) is 13.7. The smallest absolute Gasteiger partial charge is 0.0630 e. The summed E-state index contributed by atoms with van der Waals surface area (Å²) in [6.07, 6.45) is 3.75. The van der Waals surface area contributed by atoms with Crippen molar-refractivity contribution in [1.29, 1.82) is 0 Å². The van der Waals surface area contributed by atoms with E-state index in [9.17, 15) is 0 Å². The second-order valence-corrected chi connectivity index (χ2v) is 5.13. The predicted molar refractivity (Wildman–Crippen MR) is 84.7 cm³/mol. The molecule has 0 saturated carbocycles. The fraction of sp³-hybridized carbons (Fsp3) is 0.0625. The summed E-state index contributed by atoms with van der Waals surface area (Å²) in [6, 6.07) is 15.4.